The van der Waals surface area contributed by atoms with Gasteiger partial charge in [-0.1, -0.05) is 26.0 Å². The lowest BCUT2D eigenvalue weighted by molar-refractivity contribution is 0.396. The molecular formula is C16H20INO. The maximum absolute atomic E-state index is 5.88. The van der Waals surface area contributed by atoms with Crippen molar-refractivity contribution in [3.05, 3.63) is 57.1 Å². The van der Waals surface area contributed by atoms with Crippen molar-refractivity contribution in [3.8, 4) is 0 Å². The third kappa shape index (κ3) is 4.08. The molecule has 2 nitrogen and oxygen atoms in total. The first-order valence-corrected chi connectivity index (χ1v) is 7.87. The molecule has 1 unspecified atom stereocenters. The Morgan fingerprint density at radius 1 is 1.11 bits per heavy atom. The van der Waals surface area contributed by atoms with E-state index in [4.69, 9.17) is 4.42 Å². The summed E-state index contributed by atoms with van der Waals surface area (Å²) in [6.07, 6.45) is 1.91. The third-order valence-electron chi connectivity index (χ3n) is 3.18. The quantitative estimate of drug-likeness (QED) is 0.767. The predicted octanol–water partition coefficient (Wildman–Crippen LogP) is 4.34. The molecule has 0 bridgehead atoms. The van der Waals surface area contributed by atoms with E-state index >= 15 is 0 Å². The molecule has 0 saturated heterocycles. The molecule has 102 valence electrons. The van der Waals surface area contributed by atoms with Crippen LogP contribution in [0.25, 0.3) is 0 Å². The summed E-state index contributed by atoms with van der Waals surface area (Å²) in [6.45, 7) is 5.19. The van der Waals surface area contributed by atoms with Gasteiger partial charge < -0.3 is 9.73 Å². The smallest absolute Gasteiger partial charge is 0.121 e. The van der Waals surface area contributed by atoms with Gasteiger partial charge in [-0.25, -0.2) is 0 Å². The molecule has 0 aliphatic rings. The highest BCUT2D eigenvalue weighted by atomic mass is 127. The second-order valence-electron chi connectivity index (χ2n) is 4.60. The molecule has 1 atom stereocenters. The Balaban J connectivity index is 2.13. The molecule has 1 aromatic heterocycles. The average molecular weight is 369 g/mol. The minimum Gasteiger partial charge on any atom is -0.464 e. The van der Waals surface area contributed by atoms with Crippen LogP contribution in [0, 0.1) is 3.57 Å². The fraction of sp³-hybridized carbons (Fsp3) is 0.375. The summed E-state index contributed by atoms with van der Waals surface area (Å²) in [5.74, 6) is 2.10. The Morgan fingerprint density at radius 3 is 2.42 bits per heavy atom. The summed E-state index contributed by atoms with van der Waals surface area (Å²) >= 11 is 2.33. The molecule has 2 aromatic rings. The van der Waals surface area contributed by atoms with Crippen LogP contribution in [0.5, 0.6) is 0 Å². The van der Waals surface area contributed by atoms with Crippen LogP contribution in [0.4, 0.5) is 0 Å². The zero-order valence-corrected chi connectivity index (χ0v) is 13.6. The van der Waals surface area contributed by atoms with Crippen molar-refractivity contribution in [2.45, 2.75) is 32.7 Å². The topological polar surface area (TPSA) is 25.2 Å². The molecular weight excluding hydrogens is 349 g/mol. The lowest BCUT2D eigenvalue weighted by atomic mass is 10.0. The van der Waals surface area contributed by atoms with E-state index in [1.807, 2.05) is 0 Å². The van der Waals surface area contributed by atoms with Crippen molar-refractivity contribution in [3.63, 3.8) is 0 Å². The van der Waals surface area contributed by atoms with Crippen molar-refractivity contribution in [2.75, 3.05) is 6.54 Å². The van der Waals surface area contributed by atoms with Crippen LogP contribution in [0.2, 0.25) is 0 Å². The summed E-state index contributed by atoms with van der Waals surface area (Å²) < 4.78 is 7.15. The lowest BCUT2D eigenvalue weighted by Gasteiger charge is -2.15. The number of benzene rings is 1. The van der Waals surface area contributed by atoms with Crippen LogP contribution in [-0.2, 0) is 12.8 Å². The van der Waals surface area contributed by atoms with Gasteiger partial charge in [0, 0.05) is 9.99 Å². The average Bonchev–Trinajstić information content (AvgIpc) is 2.89. The van der Waals surface area contributed by atoms with Gasteiger partial charge in [0.1, 0.15) is 11.5 Å². The summed E-state index contributed by atoms with van der Waals surface area (Å²) in [4.78, 5) is 0. The molecule has 19 heavy (non-hydrogen) atoms. The first kappa shape index (κ1) is 14.6. The zero-order chi connectivity index (χ0) is 13.7. The molecule has 0 aliphatic heterocycles. The number of hydrogen-bond donors (Lipinski definition) is 1. The molecule has 0 fully saturated rings. The standard InChI is InChI=1S/C16H20INO/c1-3-14-9-10-16(19-14)15(18-4-2)11-12-5-7-13(17)8-6-12/h5-10,15,18H,3-4,11H2,1-2H3. The van der Waals surface area contributed by atoms with Crippen molar-refractivity contribution in [1.82, 2.24) is 5.32 Å². The summed E-state index contributed by atoms with van der Waals surface area (Å²) in [6, 6.07) is 13.1. The van der Waals surface area contributed by atoms with E-state index in [1.54, 1.807) is 0 Å². The van der Waals surface area contributed by atoms with Crippen LogP contribution in [0.15, 0.2) is 40.8 Å². The van der Waals surface area contributed by atoms with E-state index in [0.717, 1.165) is 30.9 Å². The number of likely N-dealkylation sites (N-methyl/N-ethyl adjacent to an activating group) is 1. The van der Waals surface area contributed by atoms with Crippen LogP contribution >= 0.6 is 22.6 Å². The molecule has 0 aliphatic carbocycles. The fourth-order valence-electron chi connectivity index (χ4n) is 2.15. The Kier molecular flexibility index (Phi) is 5.45. The molecule has 0 saturated carbocycles. The number of hydrogen-bond acceptors (Lipinski definition) is 2. The second kappa shape index (κ2) is 7.10. The van der Waals surface area contributed by atoms with Gasteiger partial charge in [0.05, 0.1) is 6.04 Å². The van der Waals surface area contributed by atoms with Gasteiger partial charge in [0.2, 0.25) is 0 Å². The highest BCUT2D eigenvalue weighted by Gasteiger charge is 2.15. The third-order valence-corrected chi connectivity index (χ3v) is 3.90. The monoisotopic (exact) mass is 369 g/mol. The Morgan fingerprint density at radius 2 is 1.84 bits per heavy atom. The van der Waals surface area contributed by atoms with Crippen molar-refractivity contribution in [2.24, 2.45) is 0 Å². The van der Waals surface area contributed by atoms with E-state index in [1.165, 1.54) is 9.13 Å². The lowest BCUT2D eigenvalue weighted by Crippen LogP contribution is -2.22. The number of rotatable bonds is 6. The molecule has 0 radical (unpaired) electrons. The summed E-state index contributed by atoms with van der Waals surface area (Å²) in [5, 5.41) is 3.50. The normalized spacial score (nSPS) is 12.6. The number of halogens is 1. The molecule has 0 spiro atoms. The highest BCUT2D eigenvalue weighted by molar-refractivity contribution is 14.1. The summed E-state index contributed by atoms with van der Waals surface area (Å²) in [7, 11) is 0. The largest absolute Gasteiger partial charge is 0.464 e. The van der Waals surface area contributed by atoms with Gasteiger partial charge in [0.25, 0.3) is 0 Å². The van der Waals surface area contributed by atoms with Gasteiger partial charge in [-0.05, 0) is 65.4 Å². The van der Waals surface area contributed by atoms with Crippen LogP contribution < -0.4 is 5.32 Å². The minimum atomic E-state index is 0.255. The Labute approximate surface area is 128 Å². The first-order chi connectivity index (χ1) is 9.22. The van der Waals surface area contributed by atoms with E-state index in [-0.39, 0.29) is 6.04 Å². The first-order valence-electron chi connectivity index (χ1n) is 6.79. The van der Waals surface area contributed by atoms with Gasteiger partial charge in [-0.15, -0.1) is 0 Å². The minimum absolute atomic E-state index is 0.255. The van der Waals surface area contributed by atoms with Crippen LogP contribution in [0.3, 0.4) is 0 Å². The van der Waals surface area contributed by atoms with E-state index in [9.17, 15) is 0 Å². The predicted molar refractivity (Wildman–Crippen MR) is 87.4 cm³/mol. The van der Waals surface area contributed by atoms with E-state index < -0.39 is 0 Å². The van der Waals surface area contributed by atoms with Crippen LogP contribution in [-0.4, -0.2) is 6.54 Å². The van der Waals surface area contributed by atoms with Crippen molar-refractivity contribution < 1.29 is 4.42 Å². The summed E-state index contributed by atoms with van der Waals surface area (Å²) in [5.41, 5.74) is 1.33. The number of nitrogens with one attached hydrogen (secondary N) is 1. The molecule has 2 rings (SSSR count). The van der Waals surface area contributed by atoms with Crippen molar-refractivity contribution >= 4 is 22.6 Å². The second-order valence-corrected chi connectivity index (χ2v) is 5.84. The number of aryl methyl sites for hydroxylation is 1. The maximum Gasteiger partial charge on any atom is 0.121 e. The molecule has 1 aromatic carbocycles. The highest BCUT2D eigenvalue weighted by Crippen LogP contribution is 2.21. The van der Waals surface area contributed by atoms with E-state index in [0.29, 0.717) is 0 Å². The van der Waals surface area contributed by atoms with Gasteiger partial charge >= 0.3 is 0 Å². The Bertz CT molecular complexity index is 504. The zero-order valence-electron chi connectivity index (χ0n) is 11.4. The van der Waals surface area contributed by atoms with Gasteiger partial charge in [0.15, 0.2) is 0 Å². The van der Waals surface area contributed by atoms with Crippen molar-refractivity contribution in [1.29, 1.82) is 0 Å². The number of furan rings is 1. The molecule has 1 N–H and O–H groups in total. The maximum atomic E-state index is 5.88. The van der Waals surface area contributed by atoms with Gasteiger partial charge in [-0.2, -0.15) is 0 Å². The Hall–Kier alpha value is -0.810. The molecule has 0 amide bonds. The fourth-order valence-corrected chi connectivity index (χ4v) is 2.51. The van der Waals surface area contributed by atoms with E-state index in [2.05, 4.69) is 78.2 Å². The van der Waals surface area contributed by atoms with Crippen LogP contribution in [0.1, 0.15) is 37.0 Å². The van der Waals surface area contributed by atoms with Gasteiger partial charge in [-0.3, -0.25) is 0 Å². The molecule has 3 heteroatoms. The SMILES string of the molecule is CCNC(Cc1ccc(I)cc1)c1ccc(CC)o1. The molecule has 1 heterocycles.